The second-order valence-electron chi connectivity index (χ2n) is 11.5. The van der Waals surface area contributed by atoms with Gasteiger partial charge in [-0.05, 0) is 122 Å². The standard InChI is InChI=1S/C44H31N3.C2H6/c1-3-4-5-9-30(2)43-27-39(28-44(47-43)42-12-6-7-23-46-42)40-11-8-10-37-24-36(21-22-41(37)40)35-20-18-33-17-19-34(25-38(33)26-35)32-15-13-31(29-45)14-16-32;1-2/h3-28H,2H2,1H3;1-2H3/b4-3-,9-5-;. The fraction of sp³-hybridized carbons (Fsp3) is 0.0652. The summed E-state index contributed by atoms with van der Waals surface area (Å²) in [4.78, 5) is 9.53. The Morgan fingerprint density at radius 1 is 0.633 bits per heavy atom. The van der Waals surface area contributed by atoms with Crippen LogP contribution in [0.1, 0.15) is 32.0 Å². The Balaban J connectivity index is 0.00000205. The highest BCUT2D eigenvalue weighted by Crippen LogP contribution is 2.36. The number of aromatic nitrogens is 2. The van der Waals surface area contributed by atoms with Crippen LogP contribution in [0.5, 0.6) is 0 Å². The summed E-state index contributed by atoms with van der Waals surface area (Å²) in [5.41, 5.74) is 10.7. The minimum Gasteiger partial charge on any atom is -0.255 e. The van der Waals surface area contributed by atoms with Gasteiger partial charge in [0.05, 0.1) is 28.7 Å². The van der Waals surface area contributed by atoms with Gasteiger partial charge in [-0.15, -0.1) is 0 Å². The van der Waals surface area contributed by atoms with Crippen LogP contribution in [0.15, 0.2) is 164 Å². The van der Waals surface area contributed by atoms with E-state index in [-0.39, 0.29) is 0 Å². The monoisotopic (exact) mass is 631 g/mol. The molecule has 236 valence electrons. The molecule has 0 radical (unpaired) electrons. The van der Waals surface area contributed by atoms with E-state index in [9.17, 15) is 5.26 Å². The van der Waals surface area contributed by atoms with Crippen LogP contribution < -0.4 is 0 Å². The number of rotatable bonds is 7. The third-order valence-electron chi connectivity index (χ3n) is 8.39. The van der Waals surface area contributed by atoms with Crippen molar-refractivity contribution in [2.75, 3.05) is 0 Å². The number of nitriles is 1. The Hall–Kier alpha value is -6.37. The van der Waals surface area contributed by atoms with E-state index in [1.165, 1.54) is 16.2 Å². The Labute approximate surface area is 288 Å². The van der Waals surface area contributed by atoms with Crippen LogP contribution in [-0.2, 0) is 0 Å². The fourth-order valence-electron chi connectivity index (χ4n) is 5.92. The topological polar surface area (TPSA) is 49.6 Å². The average Bonchev–Trinajstić information content (AvgIpc) is 3.18. The van der Waals surface area contributed by atoms with Gasteiger partial charge in [0, 0.05) is 6.20 Å². The normalized spacial score (nSPS) is 11.1. The van der Waals surface area contributed by atoms with Crippen LogP contribution in [0.3, 0.4) is 0 Å². The third-order valence-corrected chi connectivity index (χ3v) is 8.39. The molecule has 0 amide bonds. The Kier molecular flexibility index (Phi) is 9.99. The predicted molar refractivity (Wildman–Crippen MR) is 208 cm³/mol. The summed E-state index contributed by atoms with van der Waals surface area (Å²) in [5, 5.41) is 13.9. The van der Waals surface area contributed by atoms with Crippen molar-refractivity contribution < 1.29 is 0 Å². The van der Waals surface area contributed by atoms with E-state index >= 15 is 0 Å². The van der Waals surface area contributed by atoms with Crippen molar-refractivity contribution in [2.24, 2.45) is 0 Å². The van der Waals surface area contributed by atoms with Gasteiger partial charge in [-0.3, -0.25) is 4.98 Å². The number of fused-ring (bicyclic) bond motifs is 2. The molecule has 2 aromatic heterocycles. The number of benzene rings is 5. The lowest BCUT2D eigenvalue weighted by Gasteiger charge is -2.13. The van der Waals surface area contributed by atoms with Gasteiger partial charge in [-0.2, -0.15) is 5.26 Å². The maximum Gasteiger partial charge on any atom is 0.0991 e. The first-order valence-corrected chi connectivity index (χ1v) is 16.6. The molecule has 0 spiro atoms. The maximum atomic E-state index is 9.17. The maximum absolute atomic E-state index is 9.17. The fourth-order valence-corrected chi connectivity index (χ4v) is 5.92. The van der Waals surface area contributed by atoms with Crippen LogP contribution in [0.4, 0.5) is 0 Å². The van der Waals surface area contributed by atoms with Crippen molar-refractivity contribution in [3.05, 3.63) is 176 Å². The first-order valence-electron chi connectivity index (χ1n) is 16.6. The number of hydrogen-bond donors (Lipinski definition) is 0. The highest BCUT2D eigenvalue weighted by Gasteiger charge is 2.12. The van der Waals surface area contributed by atoms with Crippen LogP contribution in [0.2, 0.25) is 0 Å². The van der Waals surface area contributed by atoms with Crippen molar-refractivity contribution in [2.45, 2.75) is 20.8 Å². The zero-order chi connectivity index (χ0) is 34.2. The van der Waals surface area contributed by atoms with E-state index in [2.05, 4.69) is 103 Å². The molecular weight excluding hydrogens is 595 g/mol. The number of hydrogen-bond acceptors (Lipinski definition) is 3. The lowest BCUT2D eigenvalue weighted by molar-refractivity contribution is 1.23. The van der Waals surface area contributed by atoms with Crippen LogP contribution >= 0.6 is 0 Å². The highest BCUT2D eigenvalue weighted by molar-refractivity contribution is 6.00. The van der Waals surface area contributed by atoms with Gasteiger partial charge in [0.2, 0.25) is 0 Å². The lowest BCUT2D eigenvalue weighted by Crippen LogP contribution is -1.94. The van der Waals surface area contributed by atoms with E-state index in [1.807, 2.05) is 87.5 Å². The smallest absolute Gasteiger partial charge is 0.0991 e. The van der Waals surface area contributed by atoms with Crippen molar-refractivity contribution >= 4 is 27.1 Å². The molecule has 0 aliphatic heterocycles. The van der Waals surface area contributed by atoms with Crippen molar-refractivity contribution in [3.8, 4) is 50.8 Å². The summed E-state index contributed by atoms with van der Waals surface area (Å²) < 4.78 is 0. The lowest BCUT2D eigenvalue weighted by atomic mass is 9.93. The van der Waals surface area contributed by atoms with E-state index in [0.29, 0.717) is 5.56 Å². The third kappa shape index (κ3) is 7.15. The molecule has 2 heterocycles. The summed E-state index contributed by atoms with van der Waals surface area (Å²) >= 11 is 0. The van der Waals surface area contributed by atoms with Gasteiger partial charge in [-0.1, -0.05) is 118 Å². The zero-order valence-electron chi connectivity index (χ0n) is 28.1. The molecule has 5 aromatic carbocycles. The van der Waals surface area contributed by atoms with Crippen molar-refractivity contribution in [3.63, 3.8) is 0 Å². The Morgan fingerprint density at radius 3 is 2.02 bits per heavy atom. The van der Waals surface area contributed by atoms with Gasteiger partial charge in [-0.25, -0.2) is 4.98 Å². The molecule has 3 heteroatoms. The predicted octanol–water partition coefficient (Wildman–Crippen LogP) is 12.5. The van der Waals surface area contributed by atoms with Gasteiger partial charge in [0.1, 0.15) is 0 Å². The number of nitrogens with zero attached hydrogens (tertiary/aromatic N) is 3. The van der Waals surface area contributed by atoms with E-state index < -0.39 is 0 Å². The average molecular weight is 632 g/mol. The summed E-state index contributed by atoms with van der Waals surface area (Å²) in [6.45, 7) is 10.3. The van der Waals surface area contributed by atoms with E-state index in [4.69, 9.17) is 4.98 Å². The Morgan fingerprint density at radius 2 is 1.33 bits per heavy atom. The highest BCUT2D eigenvalue weighted by atomic mass is 14.8. The molecule has 0 saturated carbocycles. The van der Waals surface area contributed by atoms with Gasteiger partial charge in [0.15, 0.2) is 0 Å². The van der Waals surface area contributed by atoms with E-state index in [1.54, 1.807) is 6.20 Å². The van der Waals surface area contributed by atoms with Crippen LogP contribution in [0.25, 0.3) is 71.9 Å². The molecule has 0 aliphatic carbocycles. The number of pyridine rings is 2. The van der Waals surface area contributed by atoms with Crippen molar-refractivity contribution in [1.29, 1.82) is 5.26 Å². The quantitative estimate of drug-likeness (QED) is 0.164. The molecular formula is C46H37N3. The van der Waals surface area contributed by atoms with E-state index in [0.717, 1.165) is 61.4 Å². The molecule has 7 aromatic rings. The minimum absolute atomic E-state index is 0.664. The van der Waals surface area contributed by atoms with Crippen molar-refractivity contribution in [1.82, 2.24) is 9.97 Å². The summed E-state index contributed by atoms with van der Waals surface area (Å²) in [7, 11) is 0. The molecule has 3 nitrogen and oxygen atoms in total. The summed E-state index contributed by atoms with van der Waals surface area (Å²) in [6, 6.07) is 46.4. The molecule has 0 bridgehead atoms. The first-order chi connectivity index (χ1) is 24.1. The van der Waals surface area contributed by atoms with Gasteiger partial charge < -0.3 is 0 Å². The Bertz CT molecular complexity index is 2370. The van der Waals surface area contributed by atoms with Crippen LogP contribution in [-0.4, -0.2) is 9.97 Å². The minimum atomic E-state index is 0.664. The van der Waals surface area contributed by atoms with Gasteiger partial charge >= 0.3 is 0 Å². The second-order valence-corrected chi connectivity index (χ2v) is 11.5. The molecule has 0 fully saturated rings. The molecule has 7 rings (SSSR count). The zero-order valence-corrected chi connectivity index (χ0v) is 28.1. The van der Waals surface area contributed by atoms with Crippen LogP contribution in [0, 0.1) is 11.3 Å². The molecule has 0 unspecified atom stereocenters. The molecule has 0 N–H and O–H groups in total. The molecule has 0 saturated heterocycles. The van der Waals surface area contributed by atoms with Gasteiger partial charge in [0.25, 0.3) is 0 Å². The molecule has 49 heavy (non-hydrogen) atoms. The summed E-state index contributed by atoms with van der Waals surface area (Å²) in [5.74, 6) is 0. The second kappa shape index (κ2) is 15.0. The molecule has 0 aliphatic rings. The summed E-state index contributed by atoms with van der Waals surface area (Å²) in [6.07, 6.45) is 9.74. The number of allylic oxidation sites excluding steroid dienone is 5. The largest absolute Gasteiger partial charge is 0.255 e. The SMILES string of the molecule is C=C(/C=C\C=C/C)c1cc(-c2cccc3cc(-c4ccc5ccc(-c6ccc(C#N)cc6)cc5c4)ccc23)cc(-c2ccccn2)n1.CC. The first kappa shape index (κ1) is 32.6. The molecule has 0 atom stereocenters.